The highest BCUT2D eigenvalue weighted by Crippen LogP contribution is 2.46. The Hall–Kier alpha value is -4.27. The van der Waals surface area contributed by atoms with Crippen LogP contribution >= 0.6 is 0 Å². The van der Waals surface area contributed by atoms with Crippen molar-refractivity contribution >= 4 is 17.6 Å². The Balaban J connectivity index is 2.03. The van der Waals surface area contributed by atoms with Crippen molar-refractivity contribution in [2.24, 2.45) is 11.3 Å². The Kier molecular flexibility index (Phi) is 10.6. The van der Waals surface area contributed by atoms with E-state index in [-0.39, 0.29) is 36.5 Å². The van der Waals surface area contributed by atoms with Crippen molar-refractivity contribution in [2.45, 2.75) is 72.1 Å². The van der Waals surface area contributed by atoms with E-state index in [2.05, 4.69) is 9.88 Å². The molecule has 4 aromatic rings. The molecular weight excluding hydrogens is 571 g/mol. The largest absolute Gasteiger partial charge is 0.481 e. The first kappa shape index (κ1) is 33.6. The Morgan fingerprint density at radius 2 is 1.44 bits per heavy atom. The Morgan fingerprint density at radius 3 is 1.98 bits per heavy atom. The molecule has 1 aromatic heterocycles. The van der Waals surface area contributed by atoms with Gasteiger partial charge in [-0.15, -0.1) is 0 Å². The molecule has 0 radical (unpaired) electrons. The number of benzene rings is 3. The summed E-state index contributed by atoms with van der Waals surface area (Å²) in [6.45, 7) is 10.1. The summed E-state index contributed by atoms with van der Waals surface area (Å²) in [5, 5.41) is 34.4. The number of nitrogens with one attached hydrogen (secondary N) is 1. The van der Waals surface area contributed by atoms with Gasteiger partial charge < -0.3 is 25.2 Å². The number of carbonyl (C=O) groups excluding carboxylic acids is 1. The van der Waals surface area contributed by atoms with Gasteiger partial charge in [0.05, 0.1) is 29.9 Å². The lowest BCUT2D eigenvalue weighted by Gasteiger charge is -2.40. The van der Waals surface area contributed by atoms with Gasteiger partial charge in [-0.05, 0) is 59.4 Å². The number of aliphatic hydroxyl groups excluding tert-OH is 2. The van der Waals surface area contributed by atoms with Crippen LogP contribution in [0.3, 0.4) is 0 Å². The zero-order chi connectivity index (χ0) is 32.9. The molecule has 0 saturated heterocycles. The van der Waals surface area contributed by atoms with E-state index in [1.807, 2.05) is 95.3 Å². The maximum atomic E-state index is 14.3. The molecule has 0 aliphatic rings. The number of halogens is 1. The minimum atomic E-state index is -1.23. The van der Waals surface area contributed by atoms with Crippen molar-refractivity contribution in [1.82, 2.24) is 4.57 Å². The number of carboxylic acid groups (broad SMARTS) is 1. The summed E-state index contributed by atoms with van der Waals surface area (Å²) in [6, 6.07) is 25.0. The molecule has 8 heteroatoms. The number of nitrogens with zero attached hydrogens (tertiary/aromatic N) is 1. The summed E-state index contributed by atoms with van der Waals surface area (Å²) in [7, 11) is 0. The van der Waals surface area contributed by atoms with Crippen LogP contribution in [0.15, 0.2) is 84.9 Å². The highest BCUT2D eigenvalue weighted by Gasteiger charge is 2.41. The van der Waals surface area contributed by atoms with Crippen LogP contribution in [0.25, 0.3) is 22.4 Å². The third-order valence-corrected chi connectivity index (χ3v) is 8.77. The second-order valence-corrected chi connectivity index (χ2v) is 12.6. The zero-order valence-electron chi connectivity index (χ0n) is 26.5. The first-order valence-electron chi connectivity index (χ1n) is 15.4. The fourth-order valence-electron chi connectivity index (χ4n) is 5.97. The predicted octanol–water partition coefficient (Wildman–Crippen LogP) is 7.59. The fraction of sp³-hybridized carbons (Fsp3) is 0.351. The molecule has 1 amide bonds. The van der Waals surface area contributed by atoms with E-state index in [1.54, 1.807) is 12.1 Å². The maximum absolute atomic E-state index is 14.3. The van der Waals surface area contributed by atoms with E-state index >= 15 is 0 Å². The molecule has 0 aliphatic heterocycles. The lowest BCUT2D eigenvalue weighted by molar-refractivity contribution is -0.140. The van der Waals surface area contributed by atoms with E-state index in [0.717, 1.165) is 11.3 Å². The molecule has 3 aromatic carbocycles. The van der Waals surface area contributed by atoms with Gasteiger partial charge in [0, 0.05) is 35.3 Å². The number of carbonyl (C=O) groups is 2. The molecule has 1 unspecified atom stereocenters. The number of carboxylic acids is 1. The zero-order valence-corrected chi connectivity index (χ0v) is 26.5. The normalized spacial score (nSPS) is 14.3. The molecule has 0 aliphatic carbocycles. The van der Waals surface area contributed by atoms with E-state index in [4.69, 9.17) is 0 Å². The molecular formula is C37H43FN2O5. The van der Waals surface area contributed by atoms with Gasteiger partial charge >= 0.3 is 5.97 Å². The first-order valence-corrected chi connectivity index (χ1v) is 15.4. The van der Waals surface area contributed by atoms with Crippen LogP contribution in [-0.4, -0.2) is 44.0 Å². The molecule has 0 fully saturated rings. The van der Waals surface area contributed by atoms with E-state index in [0.29, 0.717) is 28.1 Å². The van der Waals surface area contributed by atoms with Crippen LogP contribution in [-0.2, 0) is 11.3 Å². The Bertz CT molecular complexity index is 1600. The van der Waals surface area contributed by atoms with Gasteiger partial charge in [-0.3, -0.25) is 9.59 Å². The minimum Gasteiger partial charge on any atom is -0.481 e. The van der Waals surface area contributed by atoms with Crippen LogP contribution < -0.4 is 5.32 Å². The van der Waals surface area contributed by atoms with Crippen LogP contribution in [0.2, 0.25) is 0 Å². The summed E-state index contributed by atoms with van der Waals surface area (Å²) in [5.41, 5.74) is 3.89. The molecule has 0 saturated carbocycles. The van der Waals surface area contributed by atoms with Crippen molar-refractivity contribution < 1.29 is 29.3 Å². The minimum absolute atomic E-state index is 0.116. The number of hydrogen-bond acceptors (Lipinski definition) is 4. The molecule has 4 N–H and O–H groups in total. The third-order valence-electron chi connectivity index (χ3n) is 8.77. The number of hydrogen-bond donors (Lipinski definition) is 4. The topological polar surface area (TPSA) is 112 Å². The van der Waals surface area contributed by atoms with Gasteiger partial charge in [-0.2, -0.15) is 0 Å². The average molecular weight is 615 g/mol. The fourth-order valence-corrected chi connectivity index (χ4v) is 5.97. The number of amides is 1. The van der Waals surface area contributed by atoms with Crippen molar-refractivity contribution in [1.29, 1.82) is 0 Å². The van der Waals surface area contributed by atoms with Gasteiger partial charge in [0.25, 0.3) is 5.91 Å². The number of rotatable bonds is 13. The van der Waals surface area contributed by atoms with Crippen molar-refractivity contribution in [2.75, 3.05) is 5.32 Å². The highest BCUT2D eigenvalue weighted by molar-refractivity contribution is 6.12. The number of para-hydroxylation sites is 1. The second kappa shape index (κ2) is 14.2. The van der Waals surface area contributed by atoms with Crippen LogP contribution in [0.4, 0.5) is 10.1 Å². The van der Waals surface area contributed by atoms with Gasteiger partial charge in [-0.1, -0.05) is 83.1 Å². The van der Waals surface area contributed by atoms with Gasteiger partial charge in [0.1, 0.15) is 5.82 Å². The number of anilines is 1. The molecule has 1 heterocycles. The monoisotopic (exact) mass is 614 g/mol. The van der Waals surface area contributed by atoms with E-state index in [9.17, 15) is 29.3 Å². The van der Waals surface area contributed by atoms with Gasteiger partial charge in [0.2, 0.25) is 0 Å². The smallest absolute Gasteiger partial charge is 0.305 e. The summed E-state index contributed by atoms with van der Waals surface area (Å²) in [5.74, 6) is -2.10. The van der Waals surface area contributed by atoms with Crippen molar-refractivity contribution in [3.63, 3.8) is 0 Å². The quantitative estimate of drug-likeness (QED) is 0.124. The summed E-state index contributed by atoms with van der Waals surface area (Å²) < 4.78 is 16.3. The van der Waals surface area contributed by atoms with Crippen molar-refractivity contribution in [3.8, 4) is 22.4 Å². The Morgan fingerprint density at radius 1 is 0.867 bits per heavy atom. The SMILES string of the molecule is CC(C)c1c(C(=O)Nc2ccccc2)c(-c2ccccc2)c(-c2ccc(F)cc2)n1CC(C)(C(C)C)[C@@H](O)C[C@@H](O)CC(=O)O. The maximum Gasteiger partial charge on any atom is 0.305 e. The molecule has 0 bridgehead atoms. The number of aromatic nitrogens is 1. The Labute approximate surface area is 264 Å². The third kappa shape index (κ3) is 7.52. The molecule has 0 spiro atoms. The lowest BCUT2D eigenvalue weighted by Crippen LogP contribution is -2.43. The molecule has 7 nitrogen and oxygen atoms in total. The van der Waals surface area contributed by atoms with Crippen LogP contribution in [0, 0.1) is 17.2 Å². The first-order chi connectivity index (χ1) is 21.3. The van der Waals surface area contributed by atoms with E-state index < -0.39 is 30.0 Å². The number of aliphatic hydroxyl groups is 2. The van der Waals surface area contributed by atoms with Crippen molar-refractivity contribution in [3.05, 3.63) is 102 Å². The average Bonchev–Trinajstić information content (AvgIpc) is 3.32. The standard InChI is InChI=1S/C37H43FN2O5/c1-23(2)34-33(36(45)39-28-14-10-7-11-15-28)32(25-12-8-6-9-13-25)35(26-16-18-27(38)19-17-26)40(34)22-37(5,24(3)4)30(42)20-29(41)21-31(43)44/h6-19,23-24,29-30,41-42H,20-22H2,1-5H3,(H,39,45)(H,43,44)/t29-,30+,37?/m1/s1. The van der Waals surface area contributed by atoms with E-state index in [1.165, 1.54) is 12.1 Å². The lowest BCUT2D eigenvalue weighted by atomic mass is 9.72. The molecule has 3 atom stereocenters. The summed E-state index contributed by atoms with van der Waals surface area (Å²) in [4.78, 5) is 25.6. The summed E-state index contributed by atoms with van der Waals surface area (Å²) >= 11 is 0. The predicted molar refractivity (Wildman–Crippen MR) is 176 cm³/mol. The molecule has 238 valence electrons. The molecule has 4 rings (SSSR count). The summed E-state index contributed by atoms with van der Waals surface area (Å²) in [6.07, 6.45) is -2.90. The van der Waals surface area contributed by atoms with Crippen LogP contribution in [0.1, 0.15) is 69.4 Å². The molecule has 45 heavy (non-hydrogen) atoms. The highest BCUT2D eigenvalue weighted by atomic mass is 19.1. The number of aliphatic carboxylic acids is 1. The second-order valence-electron chi connectivity index (χ2n) is 12.6. The van der Waals surface area contributed by atoms with Gasteiger partial charge in [0.15, 0.2) is 0 Å². The van der Waals surface area contributed by atoms with Gasteiger partial charge in [-0.25, -0.2) is 4.39 Å². The van der Waals surface area contributed by atoms with Crippen LogP contribution in [0.5, 0.6) is 0 Å².